The number of nitrogens with zero attached hydrogens (tertiary/aromatic N) is 4. The van der Waals surface area contributed by atoms with Gasteiger partial charge in [-0.3, -0.25) is 4.79 Å². The number of thiophene rings is 1. The summed E-state index contributed by atoms with van der Waals surface area (Å²) in [6.45, 7) is 8.82. The van der Waals surface area contributed by atoms with Crippen LogP contribution >= 0.6 is 23.1 Å². The normalized spacial score (nSPS) is 16.2. The van der Waals surface area contributed by atoms with Crippen molar-refractivity contribution in [2.75, 3.05) is 11.1 Å². The fourth-order valence-electron chi connectivity index (χ4n) is 4.60. The third kappa shape index (κ3) is 5.60. The lowest BCUT2D eigenvalue weighted by molar-refractivity contribution is -0.113. The zero-order valence-corrected chi connectivity index (χ0v) is 23.1. The Kier molecular flexibility index (Phi) is 8.06. The highest BCUT2D eigenvalue weighted by molar-refractivity contribution is 7.99. The minimum atomic E-state index is -0.287. The summed E-state index contributed by atoms with van der Waals surface area (Å²) in [6, 6.07) is 11.9. The largest absolute Gasteiger partial charge is 0.483 e. The van der Waals surface area contributed by atoms with Crippen LogP contribution < -0.4 is 10.1 Å². The Morgan fingerprint density at radius 1 is 1.36 bits per heavy atom. The van der Waals surface area contributed by atoms with E-state index in [4.69, 9.17) is 4.74 Å². The van der Waals surface area contributed by atoms with E-state index >= 15 is 0 Å². The van der Waals surface area contributed by atoms with Crippen molar-refractivity contribution in [3.63, 3.8) is 0 Å². The standard InChI is InChI=1S/C27H33N5O2S2/c1-6-27(3,4)18-12-13-20-21(15-28)25(36-22(20)14-18)29-23(33)16-35-26-31-30-24(32(26)5)17(2)34-19-10-8-7-9-11-19/h7-11,17-18H,6,12-14,16H2,1-5H3,(H,29,33). The second-order valence-electron chi connectivity index (χ2n) is 9.91. The third-order valence-corrected chi connectivity index (χ3v) is 9.46. The maximum absolute atomic E-state index is 12.8. The van der Waals surface area contributed by atoms with Gasteiger partial charge in [0.1, 0.15) is 16.8 Å². The Balaban J connectivity index is 1.38. The zero-order chi connectivity index (χ0) is 25.9. The van der Waals surface area contributed by atoms with Crippen LogP contribution in [0.15, 0.2) is 35.5 Å². The van der Waals surface area contributed by atoms with Gasteiger partial charge in [-0.2, -0.15) is 5.26 Å². The number of benzene rings is 1. The molecule has 0 radical (unpaired) electrons. The number of carbonyl (C=O) groups is 1. The van der Waals surface area contributed by atoms with Gasteiger partial charge in [-0.25, -0.2) is 0 Å². The molecule has 2 aromatic heterocycles. The quantitative estimate of drug-likeness (QED) is 0.338. The van der Waals surface area contributed by atoms with E-state index in [0.29, 0.717) is 27.5 Å². The molecule has 4 rings (SSSR count). The van der Waals surface area contributed by atoms with Crippen LogP contribution in [0.1, 0.15) is 68.5 Å². The van der Waals surface area contributed by atoms with Crippen molar-refractivity contribution in [3.8, 4) is 11.8 Å². The Bertz CT molecular complexity index is 1260. The topological polar surface area (TPSA) is 92.8 Å². The van der Waals surface area contributed by atoms with Crippen molar-refractivity contribution in [2.24, 2.45) is 18.4 Å². The number of rotatable bonds is 9. The van der Waals surface area contributed by atoms with Crippen LogP contribution in [0.25, 0.3) is 0 Å². The molecule has 0 bridgehead atoms. The molecular formula is C27H33N5O2S2. The fraction of sp³-hybridized carbons (Fsp3) is 0.481. The van der Waals surface area contributed by atoms with Crippen molar-refractivity contribution in [2.45, 2.75) is 64.6 Å². The molecule has 1 N–H and O–H groups in total. The molecule has 2 heterocycles. The zero-order valence-electron chi connectivity index (χ0n) is 21.5. The molecule has 7 nitrogen and oxygen atoms in total. The number of amides is 1. The van der Waals surface area contributed by atoms with Gasteiger partial charge in [0.05, 0.1) is 11.3 Å². The second kappa shape index (κ2) is 11.1. The Morgan fingerprint density at radius 2 is 2.11 bits per heavy atom. The van der Waals surface area contributed by atoms with E-state index in [1.54, 1.807) is 11.3 Å². The molecule has 0 fully saturated rings. The van der Waals surface area contributed by atoms with Crippen LogP contribution in [0.2, 0.25) is 0 Å². The van der Waals surface area contributed by atoms with E-state index < -0.39 is 0 Å². The molecule has 2 atom stereocenters. The Labute approximate surface area is 221 Å². The lowest BCUT2D eigenvalue weighted by atomic mass is 9.69. The predicted molar refractivity (Wildman–Crippen MR) is 144 cm³/mol. The van der Waals surface area contributed by atoms with E-state index in [2.05, 4.69) is 42.4 Å². The SMILES string of the molecule is CCC(C)(C)C1CCc2c(sc(NC(=O)CSc3nnc(C(C)Oc4ccccc4)n3C)c2C#N)C1. The van der Waals surface area contributed by atoms with E-state index in [1.807, 2.05) is 48.9 Å². The molecule has 2 unspecified atom stereocenters. The molecular weight excluding hydrogens is 490 g/mol. The maximum atomic E-state index is 12.8. The fourth-order valence-corrected chi connectivity index (χ4v) is 6.61. The van der Waals surface area contributed by atoms with Gasteiger partial charge in [-0.05, 0) is 55.2 Å². The monoisotopic (exact) mass is 523 g/mol. The number of anilines is 1. The predicted octanol–water partition coefficient (Wildman–Crippen LogP) is 6.16. The molecule has 9 heteroatoms. The number of hydrogen-bond acceptors (Lipinski definition) is 7. The van der Waals surface area contributed by atoms with Gasteiger partial charge < -0.3 is 14.6 Å². The number of aromatic nitrogens is 3. The molecule has 1 aromatic carbocycles. The van der Waals surface area contributed by atoms with E-state index in [0.717, 1.165) is 37.0 Å². The summed E-state index contributed by atoms with van der Waals surface area (Å²) in [5.74, 6) is 2.07. The van der Waals surface area contributed by atoms with Crippen molar-refractivity contribution >= 4 is 34.0 Å². The molecule has 0 spiro atoms. The molecule has 0 saturated heterocycles. The molecule has 1 amide bonds. The molecule has 3 aromatic rings. The van der Waals surface area contributed by atoms with Crippen LogP contribution in [-0.4, -0.2) is 26.4 Å². The van der Waals surface area contributed by atoms with Crippen molar-refractivity contribution in [3.05, 3.63) is 52.2 Å². The van der Waals surface area contributed by atoms with Crippen LogP contribution in [0.4, 0.5) is 5.00 Å². The van der Waals surface area contributed by atoms with E-state index in [9.17, 15) is 10.1 Å². The molecule has 1 aliphatic carbocycles. The highest BCUT2D eigenvalue weighted by Crippen LogP contribution is 2.45. The molecule has 36 heavy (non-hydrogen) atoms. The summed E-state index contributed by atoms with van der Waals surface area (Å²) in [5.41, 5.74) is 2.03. The second-order valence-corrected chi connectivity index (χ2v) is 12.0. The summed E-state index contributed by atoms with van der Waals surface area (Å²) >= 11 is 2.88. The first-order chi connectivity index (χ1) is 17.2. The van der Waals surface area contributed by atoms with E-state index in [-0.39, 0.29) is 23.2 Å². The van der Waals surface area contributed by atoms with Crippen molar-refractivity contribution in [1.82, 2.24) is 14.8 Å². The lowest BCUT2D eigenvalue weighted by Gasteiger charge is -2.36. The number of hydrogen-bond donors (Lipinski definition) is 1. The highest BCUT2D eigenvalue weighted by atomic mass is 32.2. The van der Waals surface area contributed by atoms with Gasteiger partial charge in [0.15, 0.2) is 17.1 Å². The van der Waals surface area contributed by atoms with Crippen LogP contribution in [-0.2, 0) is 24.7 Å². The number of fused-ring (bicyclic) bond motifs is 1. The maximum Gasteiger partial charge on any atom is 0.235 e. The molecule has 0 saturated carbocycles. The third-order valence-electron chi connectivity index (χ3n) is 7.27. The average molecular weight is 524 g/mol. The van der Waals surface area contributed by atoms with Crippen LogP contribution in [0.5, 0.6) is 5.75 Å². The van der Waals surface area contributed by atoms with Crippen molar-refractivity contribution < 1.29 is 9.53 Å². The molecule has 0 aliphatic heterocycles. The van der Waals surface area contributed by atoms with Gasteiger partial charge >= 0.3 is 0 Å². The van der Waals surface area contributed by atoms with Gasteiger partial charge in [0.25, 0.3) is 0 Å². The first kappa shape index (κ1) is 26.2. The van der Waals surface area contributed by atoms with Crippen molar-refractivity contribution in [1.29, 1.82) is 5.26 Å². The molecule has 190 valence electrons. The number of nitriles is 1. The van der Waals surface area contributed by atoms with Gasteiger partial charge in [0, 0.05) is 11.9 Å². The summed E-state index contributed by atoms with van der Waals surface area (Å²) in [6.07, 6.45) is 3.81. The number of ether oxygens (including phenoxy) is 1. The first-order valence-corrected chi connectivity index (χ1v) is 14.1. The van der Waals surface area contributed by atoms with Crippen LogP contribution in [0, 0.1) is 22.7 Å². The summed E-state index contributed by atoms with van der Waals surface area (Å²) in [4.78, 5) is 14.1. The Morgan fingerprint density at radius 3 is 2.81 bits per heavy atom. The number of para-hydroxylation sites is 1. The number of thioether (sulfide) groups is 1. The summed E-state index contributed by atoms with van der Waals surface area (Å²) in [5, 5.41) is 22.6. The van der Waals surface area contributed by atoms with E-state index in [1.165, 1.54) is 16.6 Å². The van der Waals surface area contributed by atoms with Crippen LogP contribution in [0.3, 0.4) is 0 Å². The highest BCUT2D eigenvalue weighted by Gasteiger charge is 2.34. The number of carbonyl (C=O) groups excluding carboxylic acids is 1. The minimum absolute atomic E-state index is 0.154. The Hall–Kier alpha value is -2.83. The molecule has 1 aliphatic rings. The van der Waals surface area contributed by atoms with Gasteiger partial charge in [-0.15, -0.1) is 21.5 Å². The lowest BCUT2D eigenvalue weighted by Crippen LogP contribution is -2.28. The summed E-state index contributed by atoms with van der Waals surface area (Å²) in [7, 11) is 1.87. The van der Waals surface area contributed by atoms with Gasteiger partial charge in [-0.1, -0.05) is 57.2 Å². The smallest absolute Gasteiger partial charge is 0.235 e. The number of nitrogens with one attached hydrogen (secondary N) is 1. The van der Waals surface area contributed by atoms with Gasteiger partial charge in [0.2, 0.25) is 5.91 Å². The first-order valence-electron chi connectivity index (χ1n) is 12.3. The minimum Gasteiger partial charge on any atom is -0.483 e. The average Bonchev–Trinajstić information content (AvgIpc) is 3.41. The summed E-state index contributed by atoms with van der Waals surface area (Å²) < 4.78 is 7.81.